The van der Waals surface area contributed by atoms with Crippen molar-refractivity contribution in [3.63, 3.8) is 0 Å². The van der Waals surface area contributed by atoms with Gasteiger partial charge in [0, 0.05) is 41.0 Å². The fraction of sp³-hybridized carbons (Fsp3) is 0.353. The molecule has 0 saturated carbocycles. The zero-order chi connectivity index (χ0) is 28.8. The number of nitrogens with zero attached hydrogens (tertiary/aromatic N) is 2. The van der Waals surface area contributed by atoms with Gasteiger partial charge in [-0.05, 0) is 44.5 Å². The molecule has 0 saturated heterocycles. The van der Waals surface area contributed by atoms with E-state index < -0.39 is 5.92 Å². The number of H-pyrrole nitrogens is 2. The summed E-state index contributed by atoms with van der Waals surface area (Å²) >= 11 is 0. The molecule has 0 unspecified atom stereocenters. The van der Waals surface area contributed by atoms with E-state index in [1.807, 2.05) is 86.7 Å². The minimum absolute atomic E-state index is 0.161. The lowest BCUT2D eigenvalue weighted by Crippen LogP contribution is -2.34. The van der Waals surface area contributed by atoms with Gasteiger partial charge in [-0.3, -0.25) is 19.8 Å². The molecule has 7 nitrogen and oxygen atoms in total. The molecule has 2 aromatic heterocycles. The van der Waals surface area contributed by atoms with Crippen LogP contribution in [0.25, 0.3) is 11.4 Å². The number of rotatable bonds is 12. The summed E-state index contributed by atoms with van der Waals surface area (Å²) in [4.78, 5) is 28.3. The van der Waals surface area contributed by atoms with E-state index >= 15 is 0 Å². The highest BCUT2D eigenvalue weighted by Gasteiger charge is 2.38. The second kappa shape index (κ2) is 13.0. The Morgan fingerprint density at radius 1 is 0.732 bits per heavy atom. The summed E-state index contributed by atoms with van der Waals surface area (Å²) in [6, 6.07) is 19.1. The van der Waals surface area contributed by atoms with Gasteiger partial charge in [-0.15, -0.1) is 0 Å². The van der Waals surface area contributed by atoms with Gasteiger partial charge >= 0.3 is 0 Å². The van der Waals surface area contributed by atoms with Crippen molar-refractivity contribution in [2.45, 2.75) is 64.9 Å². The smallest absolute Gasteiger partial charge is 0.275 e. The maximum absolute atomic E-state index is 14.1. The van der Waals surface area contributed by atoms with Crippen LogP contribution in [-0.4, -0.2) is 32.3 Å². The third-order valence-corrected chi connectivity index (χ3v) is 7.95. The number of hydrogen-bond acceptors (Lipinski definition) is 3. The molecule has 0 amide bonds. The van der Waals surface area contributed by atoms with Gasteiger partial charge < -0.3 is 4.74 Å². The largest absolute Gasteiger partial charge is 0.373 e. The van der Waals surface area contributed by atoms with Gasteiger partial charge in [-0.25, -0.2) is 9.36 Å². The number of aryl methyl sites for hydroxylation is 2. The summed E-state index contributed by atoms with van der Waals surface area (Å²) in [7, 11) is 0. The van der Waals surface area contributed by atoms with Gasteiger partial charge in [0.15, 0.2) is 0 Å². The van der Waals surface area contributed by atoms with Crippen molar-refractivity contribution in [3.8, 4) is 11.4 Å². The lowest BCUT2D eigenvalue weighted by Gasteiger charge is -2.31. The molecule has 0 spiro atoms. The molecule has 2 aromatic carbocycles. The summed E-state index contributed by atoms with van der Waals surface area (Å²) < 4.78 is 9.61. The number of aromatic amines is 2. The summed E-state index contributed by atoms with van der Waals surface area (Å²) in [5, 5.41) is 6.57. The van der Waals surface area contributed by atoms with Crippen molar-refractivity contribution < 1.29 is 4.74 Å². The summed E-state index contributed by atoms with van der Waals surface area (Å²) in [5.41, 5.74) is 3.80. The Morgan fingerprint density at radius 2 is 1.24 bits per heavy atom. The third-order valence-electron chi connectivity index (χ3n) is 7.95. The number of aromatic nitrogens is 4. The van der Waals surface area contributed by atoms with Crippen LogP contribution in [0.15, 0.2) is 94.6 Å². The predicted octanol–water partition coefficient (Wildman–Crippen LogP) is 6.49. The second-order valence-electron chi connectivity index (χ2n) is 10.8. The van der Waals surface area contributed by atoms with Gasteiger partial charge in [0.25, 0.3) is 11.1 Å². The maximum atomic E-state index is 14.1. The molecule has 0 bridgehead atoms. The fourth-order valence-electron chi connectivity index (χ4n) is 5.90. The van der Waals surface area contributed by atoms with Gasteiger partial charge in [-0.1, -0.05) is 93.3 Å². The highest BCUT2D eigenvalue weighted by Crippen LogP contribution is 2.38. The van der Waals surface area contributed by atoms with Crippen LogP contribution in [0.1, 0.15) is 67.5 Å². The maximum Gasteiger partial charge on any atom is 0.275 e. The minimum Gasteiger partial charge on any atom is -0.373 e. The zero-order valence-corrected chi connectivity index (χ0v) is 24.2. The number of benzene rings is 2. The van der Waals surface area contributed by atoms with Crippen LogP contribution in [0.2, 0.25) is 0 Å². The molecule has 1 aliphatic rings. The summed E-state index contributed by atoms with van der Waals surface area (Å²) in [6.45, 7) is 6.67. The first-order valence-corrected chi connectivity index (χ1v) is 14.7. The van der Waals surface area contributed by atoms with Gasteiger partial charge in [0.1, 0.15) is 0 Å². The molecule has 2 atom stereocenters. The second-order valence-corrected chi connectivity index (χ2v) is 10.8. The van der Waals surface area contributed by atoms with Crippen molar-refractivity contribution in [2.24, 2.45) is 5.92 Å². The van der Waals surface area contributed by atoms with Crippen LogP contribution in [0.3, 0.4) is 0 Å². The Bertz CT molecular complexity index is 1510. The summed E-state index contributed by atoms with van der Waals surface area (Å²) in [5.74, 6) is -0.766. The van der Waals surface area contributed by atoms with Crippen molar-refractivity contribution >= 4 is 0 Å². The average Bonchev–Trinajstić information content (AvgIpc) is 3.46. The number of para-hydroxylation sites is 2. The van der Waals surface area contributed by atoms with Crippen LogP contribution in [-0.2, 0) is 4.74 Å². The number of ether oxygens (including phenoxy) is 1. The summed E-state index contributed by atoms with van der Waals surface area (Å²) in [6.07, 6.45) is 13.6. The van der Waals surface area contributed by atoms with Crippen LogP contribution in [0.5, 0.6) is 0 Å². The van der Waals surface area contributed by atoms with Crippen LogP contribution >= 0.6 is 0 Å². The molecule has 7 heteroatoms. The molecular formula is C34H40N4O3. The first kappa shape index (κ1) is 28.4. The standard InChI is InChI=1S/C34H40N4O3/c1-4-5-6-7-16-23-41-29-22-15-14-21-28(29)32(30-24(2)35-37(33(30)39)26-17-10-8-11-18-26)31-25(3)36-38(34(31)40)27-19-12-9-13-20-27/h8-15,17-22,28-29,32,35-36H,4-7,16,23H2,1-3H3/t28-,29-/m0/s1. The first-order valence-electron chi connectivity index (χ1n) is 14.7. The molecule has 2 N–H and O–H groups in total. The van der Waals surface area contributed by atoms with Crippen LogP contribution < -0.4 is 11.1 Å². The van der Waals surface area contributed by atoms with E-state index in [4.69, 9.17) is 4.74 Å². The highest BCUT2D eigenvalue weighted by atomic mass is 16.5. The van der Waals surface area contributed by atoms with Crippen molar-refractivity contribution in [1.29, 1.82) is 0 Å². The van der Waals surface area contributed by atoms with E-state index in [0.29, 0.717) is 17.7 Å². The Kier molecular flexibility index (Phi) is 9.04. The van der Waals surface area contributed by atoms with E-state index in [9.17, 15) is 9.59 Å². The predicted molar refractivity (Wildman–Crippen MR) is 164 cm³/mol. The lowest BCUT2D eigenvalue weighted by atomic mass is 9.76. The zero-order valence-electron chi connectivity index (χ0n) is 24.2. The van der Waals surface area contributed by atoms with Gasteiger partial charge in [-0.2, -0.15) is 0 Å². The number of allylic oxidation sites excluding steroid dienone is 2. The molecule has 5 rings (SSSR count). The molecule has 214 valence electrons. The topological polar surface area (TPSA) is 84.8 Å². The molecule has 0 aliphatic heterocycles. The fourth-order valence-corrected chi connectivity index (χ4v) is 5.90. The Labute approximate surface area is 241 Å². The number of unbranched alkanes of at least 4 members (excludes halogenated alkanes) is 4. The minimum atomic E-state index is -0.524. The van der Waals surface area contributed by atoms with E-state index in [2.05, 4.69) is 29.3 Å². The highest BCUT2D eigenvalue weighted by molar-refractivity contribution is 5.43. The molecule has 0 radical (unpaired) electrons. The average molecular weight is 553 g/mol. The SMILES string of the molecule is CCCCCCCO[C@H]1C=CC=C[C@@H]1C(c1c(C)[nH]n(-c2ccccc2)c1=O)c1c(C)[nH]n(-c2ccccc2)c1=O. The monoisotopic (exact) mass is 552 g/mol. The van der Waals surface area contributed by atoms with E-state index in [1.165, 1.54) is 19.3 Å². The van der Waals surface area contributed by atoms with E-state index in [-0.39, 0.29) is 23.1 Å². The van der Waals surface area contributed by atoms with Crippen molar-refractivity contribution in [2.75, 3.05) is 6.61 Å². The lowest BCUT2D eigenvalue weighted by molar-refractivity contribution is 0.0498. The van der Waals surface area contributed by atoms with E-state index in [0.717, 1.165) is 35.6 Å². The van der Waals surface area contributed by atoms with Gasteiger partial charge in [0.2, 0.25) is 0 Å². The molecule has 41 heavy (non-hydrogen) atoms. The first-order chi connectivity index (χ1) is 20.0. The number of nitrogens with one attached hydrogen (secondary N) is 2. The molecule has 1 aliphatic carbocycles. The van der Waals surface area contributed by atoms with Crippen molar-refractivity contribution in [1.82, 2.24) is 19.6 Å². The Morgan fingerprint density at radius 3 is 1.78 bits per heavy atom. The Balaban J connectivity index is 1.60. The quantitative estimate of drug-likeness (QED) is 0.197. The third kappa shape index (κ3) is 6.00. The number of hydrogen-bond donors (Lipinski definition) is 2. The van der Waals surface area contributed by atoms with Crippen molar-refractivity contribution in [3.05, 3.63) is 128 Å². The molecule has 2 heterocycles. The van der Waals surface area contributed by atoms with E-state index in [1.54, 1.807) is 9.36 Å². The van der Waals surface area contributed by atoms with Gasteiger partial charge in [0.05, 0.1) is 17.5 Å². The normalized spacial score (nSPS) is 16.6. The van der Waals surface area contributed by atoms with Crippen LogP contribution in [0.4, 0.5) is 0 Å². The molecule has 0 fully saturated rings. The molecule has 4 aromatic rings. The molecular weight excluding hydrogens is 512 g/mol. The van der Waals surface area contributed by atoms with Crippen LogP contribution in [0, 0.1) is 19.8 Å². The Hall–Kier alpha value is -4.10.